The van der Waals surface area contributed by atoms with E-state index >= 15 is 0 Å². The molecule has 0 radical (unpaired) electrons. The third-order valence-electron chi connectivity index (χ3n) is 5.64. The van der Waals surface area contributed by atoms with Gasteiger partial charge < -0.3 is 24.5 Å². The van der Waals surface area contributed by atoms with E-state index in [1.807, 2.05) is 6.07 Å². The average Bonchev–Trinajstić information content (AvgIpc) is 3.38. The van der Waals surface area contributed by atoms with Crippen LogP contribution in [0.3, 0.4) is 0 Å². The monoisotopic (exact) mass is 395 g/mol. The predicted molar refractivity (Wildman–Crippen MR) is 111 cm³/mol. The van der Waals surface area contributed by atoms with Gasteiger partial charge in [-0.05, 0) is 37.1 Å². The molecule has 0 saturated carbocycles. The highest BCUT2D eigenvalue weighted by Crippen LogP contribution is 2.39. The van der Waals surface area contributed by atoms with Crippen molar-refractivity contribution in [1.82, 2.24) is 14.8 Å². The van der Waals surface area contributed by atoms with E-state index in [1.54, 1.807) is 6.20 Å². The lowest BCUT2D eigenvalue weighted by Crippen LogP contribution is -2.20. The number of nitrogens with one attached hydrogen (secondary N) is 2. The summed E-state index contributed by atoms with van der Waals surface area (Å²) in [5.74, 6) is 0.280. The van der Waals surface area contributed by atoms with Crippen LogP contribution in [0.1, 0.15) is 30.1 Å². The molecule has 0 spiro atoms. The van der Waals surface area contributed by atoms with E-state index < -0.39 is 0 Å². The molecule has 8 nitrogen and oxygen atoms in total. The van der Waals surface area contributed by atoms with Crippen molar-refractivity contribution in [1.29, 1.82) is 0 Å². The Morgan fingerprint density at radius 1 is 1.17 bits per heavy atom. The molecule has 2 aromatic heterocycles. The molecule has 0 amide bonds. The predicted octanol–water partition coefficient (Wildman–Crippen LogP) is 2.85. The van der Waals surface area contributed by atoms with E-state index in [0.717, 1.165) is 46.4 Å². The number of H-pyrrole nitrogens is 1. The molecule has 29 heavy (non-hydrogen) atoms. The third-order valence-corrected chi connectivity index (χ3v) is 5.64. The molecule has 3 aromatic rings. The minimum absolute atomic E-state index is 0.217. The van der Waals surface area contributed by atoms with Gasteiger partial charge in [0, 0.05) is 36.5 Å². The van der Waals surface area contributed by atoms with E-state index in [1.165, 1.54) is 0 Å². The van der Waals surface area contributed by atoms with Gasteiger partial charge in [0.15, 0.2) is 0 Å². The SMILES string of the molecule is Oc1c(C2=NCCOC2)c2cc(NCc3ccn[nH]3)ccc2n1C1CCOCC1. The molecule has 8 heteroatoms. The van der Waals surface area contributed by atoms with Crippen LogP contribution in [0.25, 0.3) is 10.9 Å². The maximum Gasteiger partial charge on any atom is 0.201 e. The number of nitrogens with zero attached hydrogens (tertiary/aromatic N) is 3. The molecule has 2 aliphatic rings. The molecule has 3 N–H and O–H groups in total. The second kappa shape index (κ2) is 7.88. The smallest absolute Gasteiger partial charge is 0.201 e. The summed E-state index contributed by atoms with van der Waals surface area (Å²) in [5.41, 5.74) is 4.62. The highest BCUT2D eigenvalue weighted by atomic mass is 16.5. The summed E-state index contributed by atoms with van der Waals surface area (Å²) in [7, 11) is 0. The Bertz CT molecular complexity index is 1020. The lowest BCUT2D eigenvalue weighted by molar-refractivity contribution is 0.0688. The van der Waals surface area contributed by atoms with Gasteiger partial charge in [-0.1, -0.05) is 0 Å². The largest absolute Gasteiger partial charge is 0.494 e. The van der Waals surface area contributed by atoms with Gasteiger partial charge in [0.05, 0.1) is 48.8 Å². The quantitative estimate of drug-likeness (QED) is 0.617. The maximum atomic E-state index is 11.2. The number of rotatable bonds is 5. The van der Waals surface area contributed by atoms with Crippen molar-refractivity contribution in [2.75, 3.05) is 38.3 Å². The molecule has 0 atom stereocenters. The zero-order valence-corrected chi connectivity index (χ0v) is 16.2. The molecule has 5 rings (SSSR count). The van der Waals surface area contributed by atoms with Crippen molar-refractivity contribution in [3.63, 3.8) is 0 Å². The summed E-state index contributed by atoms with van der Waals surface area (Å²) in [6, 6.07) is 8.38. The highest BCUT2D eigenvalue weighted by molar-refractivity contribution is 6.14. The van der Waals surface area contributed by atoms with Crippen molar-refractivity contribution in [3.8, 4) is 5.88 Å². The molecule has 152 valence electrons. The highest BCUT2D eigenvalue weighted by Gasteiger charge is 2.27. The molecular formula is C21H25N5O3. The lowest BCUT2D eigenvalue weighted by atomic mass is 10.1. The van der Waals surface area contributed by atoms with Crippen LogP contribution in [-0.2, 0) is 16.0 Å². The Hall–Kier alpha value is -2.84. The zero-order valence-electron chi connectivity index (χ0n) is 16.2. The van der Waals surface area contributed by atoms with Crippen molar-refractivity contribution in [2.24, 2.45) is 4.99 Å². The van der Waals surface area contributed by atoms with Gasteiger partial charge in [-0.3, -0.25) is 10.1 Å². The van der Waals surface area contributed by atoms with Gasteiger partial charge in [0.2, 0.25) is 5.88 Å². The molecule has 0 aliphatic carbocycles. The Balaban J connectivity index is 1.57. The van der Waals surface area contributed by atoms with Crippen LogP contribution in [0.5, 0.6) is 5.88 Å². The summed E-state index contributed by atoms with van der Waals surface area (Å²) >= 11 is 0. The minimum Gasteiger partial charge on any atom is -0.494 e. The van der Waals surface area contributed by atoms with Gasteiger partial charge in [-0.2, -0.15) is 5.10 Å². The standard InChI is InChI=1S/C21H25N5O3/c27-21-20(18-13-29-10-7-22-18)17-11-14(23-12-15-3-6-24-25-15)1-2-19(17)26(21)16-4-8-28-9-5-16/h1-3,6,11,16,23,27H,4-5,7-10,12-13H2,(H,24,25). The fourth-order valence-electron chi connectivity index (χ4n) is 4.20. The van der Waals surface area contributed by atoms with Crippen LogP contribution in [0.4, 0.5) is 5.69 Å². The number of aliphatic imine (C=N–C) groups is 1. The summed E-state index contributed by atoms with van der Waals surface area (Å²) in [6.45, 7) is 3.75. The van der Waals surface area contributed by atoms with Gasteiger partial charge >= 0.3 is 0 Å². The van der Waals surface area contributed by atoms with Gasteiger partial charge in [0.25, 0.3) is 0 Å². The Labute approximate surface area is 168 Å². The van der Waals surface area contributed by atoms with E-state index in [-0.39, 0.29) is 11.9 Å². The van der Waals surface area contributed by atoms with E-state index in [2.05, 4.69) is 43.3 Å². The average molecular weight is 395 g/mol. The number of anilines is 1. The van der Waals surface area contributed by atoms with Crippen LogP contribution in [0.2, 0.25) is 0 Å². The second-order valence-corrected chi connectivity index (χ2v) is 7.46. The molecule has 2 aliphatic heterocycles. The molecule has 0 bridgehead atoms. The summed E-state index contributed by atoms with van der Waals surface area (Å²) in [6.07, 6.45) is 3.52. The van der Waals surface area contributed by atoms with Crippen molar-refractivity contribution in [3.05, 3.63) is 41.7 Å². The minimum atomic E-state index is 0.217. The van der Waals surface area contributed by atoms with Crippen LogP contribution in [0, 0.1) is 0 Å². The first-order chi connectivity index (χ1) is 14.3. The normalized spacial score (nSPS) is 18.1. The van der Waals surface area contributed by atoms with Gasteiger partial charge in [0.1, 0.15) is 0 Å². The van der Waals surface area contributed by atoms with Crippen molar-refractivity contribution in [2.45, 2.75) is 25.4 Å². The van der Waals surface area contributed by atoms with Crippen molar-refractivity contribution >= 4 is 22.3 Å². The zero-order chi connectivity index (χ0) is 19.6. The first kappa shape index (κ1) is 18.2. The fourth-order valence-corrected chi connectivity index (χ4v) is 4.20. The molecular weight excluding hydrogens is 370 g/mol. The molecule has 1 saturated heterocycles. The number of aromatic nitrogens is 3. The Morgan fingerprint density at radius 3 is 2.83 bits per heavy atom. The Kier molecular flexibility index (Phi) is 4.95. The first-order valence-electron chi connectivity index (χ1n) is 10.1. The van der Waals surface area contributed by atoms with Gasteiger partial charge in [-0.15, -0.1) is 0 Å². The number of aromatic amines is 1. The summed E-state index contributed by atoms with van der Waals surface area (Å²) in [5, 5.41) is 22.6. The molecule has 4 heterocycles. The van der Waals surface area contributed by atoms with E-state index in [0.29, 0.717) is 39.5 Å². The number of aromatic hydroxyl groups is 1. The summed E-state index contributed by atoms with van der Waals surface area (Å²) in [4.78, 5) is 4.65. The molecule has 1 fully saturated rings. The number of ether oxygens (including phenoxy) is 2. The first-order valence-corrected chi connectivity index (χ1v) is 10.1. The number of hydrogen-bond donors (Lipinski definition) is 3. The molecule has 0 unspecified atom stereocenters. The lowest BCUT2D eigenvalue weighted by Gasteiger charge is -2.25. The fraction of sp³-hybridized carbons (Fsp3) is 0.429. The topological polar surface area (TPSA) is 96.7 Å². The maximum absolute atomic E-state index is 11.2. The van der Waals surface area contributed by atoms with Crippen LogP contribution < -0.4 is 5.32 Å². The molecule has 1 aromatic carbocycles. The summed E-state index contributed by atoms with van der Waals surface area (Å²) < 4.78 is 13.2. The number of benzene rings is 1. The number of fused-ring (bicyclic) bond motifs is 1. The van der Waals surface area contributed by atoms with Crippen LogP contribution >= 0.6 is 0 Å². The number of hydrogen-bond acceptors (Lipinski definition) is 6. The van der Waals surface area contributed by atoms with E-state index in [9.17, 15) is 5.11 Å². The van der Waals surface area contributed by atoms with Gasteiger partial charge in [-0.25, -0.2) is 0 Å². The second-order valence-electron chi connectivity index (χ2n) is 7.46. The van der Waals surface area contributed by atoms with Crippen LogP contribution in [0.15, 0.2) is 35.5 Å². The van der Waals surface area contributed by atoms with E-state index in [4.69, 9.17) is 9.47 Å². The van der Waals surface area contributed by atoms with Crippen LogP contribution in [-0.4, -0.2) is 58.6 Å². The van der Waals surface area contributed by atoms with Crippen molar-refractivity contribution < 1.29 is 14.6 Å². The Morgan fingerprint density at radius 2 is 2.07 bits per heavy atom. The third kappa shape index (κ3) is 3.49.